The quantitative estimate of drug-likeness (QED) is 0.492. The largest absolute Gasteiger partial charge is 0.497 e. The number of likely N-dealkylation sites (N-methyl/N-ethyl adjacent to an activating group) is 1. The fraction of sp³-hybridized carbons (Fsp3) is 0.238. The Hall–Kier alpha value is -3.95. The van der Waals surface area contributed by atoms with Crippen molar-refractivity contribution in [2.24, 2.45) is 0 Å². The molecule has 2 aromatic carbocycles. The van der Waals surface area contributed by atoms with Crippen LogP contribution in [0.25, 0.3) is 0 Å². The number of carbonyl (C=O) groups excluding carboxylic acids is 4. The molecule has 1 heterocycles. The number of ether oxygens (including phenoxy) is 2. The number of hydrogen-bond acceptors (Lipinski definition) is 6. The van der Waals surface area contributed by atoms with Crippen LogP contribution in [0.3, 0.4) is 0 Å². The molecule has 2 aromatic rings. The Bertz CT molecular complexity index is 1040. The molecule has 0 saturated carbocycles. The van der Waals surface area contributed by atoms with E-state index in [0.29, 0.717) is 21.1 Å². The minimum atomic E-state index is -1.10. The molecule has 9 nitrogen and oxygen atoms in total. The van der Waals surface area contributed by atoms with E-state index in [1.54, 1.807) is 6.07 Å². The van der Waals surface area contributed by atoms with Crippen LogP contribution in [0.5, 0.6) is 11.5 Å². The lowest BCUT2D eigenvalue weighted by Gasteiger charge is -2.21. The Labute approximate surface area is 177 Å². The molecule has 1 aliphatic heterocycles. The van der Waals surface area contributed by atoms with Crippen LogP contribution in [0.15, 0.2) is 42.5 Å². The molecule has 1 saturated heterocycles. The number of carbonyl (C=O) groups is 4. The molecule has 0 aliphatic carbocycles. The molecule has 3 rings (SSSR count). The van der Waals surface area contributed by atoms with Gasteiger partial charge in [-0.3, -0.25) is 14.4 Å². The van der Waals surface area contributed by atoms with Crippen molar-refractivity contribution in [2.45, 2.75) is 6.54 Å². The van der Waals surface area contributed by atoms with Gasteiger partial charge in [-0.2, -0.15) is 0 Å². The van der Waals surface area contributed by atoms with Crippen LogP contribution in [0.1, 0.15) is 5.56 Å². The molecule has 162 valence electrons. The van der Waals surface area contributed by atoms with Gasteiger partial charge in [0.1, 0.15) is 12.3 Å². The van der Waals surface area contributed by atoms with E-state index >= 15 is 0 Å². The maximum absolute atomic E-state index is 13.9. The summed E-state index contributed by atoms with van der Waals surface area (Å²) in [5.74, 6) is -2.74. The van der Waals surface area contributed by atoms with Crippen molar-refractivity contribution in [1.29, 1.82) is 0 Å². The maximum Gasteiger partial charge on any atom is 0.339 e. The lowest BCUT2D eigenvalue weighted by molar-refractivity contribution is -0.142. The smallest absolute Gasteiger partial charge is 0.339 e. The van der Waals surface area contributed by atoms with Gasteiger partial charge in [-0.1, -0.05) is 6.07 Å². The summed E-state index contributed by atoms with van der Waals surface area (Å²) in [4.78, 5) is 52.4. The molecule has 31 heavy (non-hydrogen) atoms. The van der Waals surface area contributed by atoms with Crippen molar-refractivity contribution in [2.75, 3.05) is 32.7 Å². The fourth-order valence-corrected chi connectivity index (χ4v) is 3.03. The first-order valence-electron chi connectivity index (χ1n) is 9.17. The molecule has 0 atom stereocenters. The van der Waals surface area contributed by atoms with Crippen LogP contribution in [-0.4, -0.2) is 61.4 Å². The molecule has 1 aliphatic rings. The van der Waals surface area contributed by atoms with Crippen molar-refractivity contribution in [1.82, 2.24) is 9.80 Å². The fourth-order valence-electron chi connectivity index (χ4n) is 3.03. The van der Waals surface area contributed by atoms with Crippen LogP contribution in [0.2, 0.25) is 0 Å². The van der Waals surface area contributed by atoms with Gasteiger partial charge in [0, 0.05) is 13.6 Å². The van der Waals surface area contributed by atoms with Crippen LogP contribution in [-0.2, 0) is 20.9 Å². The van der Waals surface area contributed by atoms with Gasteiger partial charge in [-0.05, 0) is 42.0 Å². The molecular formula is C21H20FN3O6. The molecule has 0 aromatic heterocycles. The lowest BCUT2D eigenvalue weighted by atomic mass is 10.2. The first-order valence-corrected chi connectivity index (χ1v) is 9.17. The Balaban J connectivity index is 1.70. The number of amides is 5. The van der Waals surface area contributed by atoms with E-state index in [2.05, 4.69) is 0 Å². The first kappa shape index (κ1) is 21.8. The number of anilines is 1. The van der Waals surface area contributed by atoms with E-state index in [1.807, 2.05) is 0 Å². The molecule has 0 N–H and O–H groups in total. The number of benzene rings is 2. The molecule has 5 amide bonds. The van der Waals surface area contributed by atoms with E-state index in [1.165, 1.54) is 62.6 Å². The van der Waals surface area contributed by atoms with Crippen LogP contribution < -0.4 is 14.4 Å². The Morgan fingerprint density at radius 3 is 2.26 bits per heavy atom. The van der Waals surface area contributed by atoms with Crippen molar-refractivity contribution in [3.8, 4) is 11.5 Å². The maximum atomic E-state index is 13.9. The lowest BCUT2D eigenvalue weighted by Crippen LogP contribution is -2.42. The van der Waals surface area contributed by atoms with E-state index in [9.17, 15) is 23.6 Å². The van der Waals surface area contributed by atoms with Gasteiger partial charge in [0.05, 0.1) is 19.9 Å². The SMILES string of the molecule is COc1ccc(N2C(=O)C(=O)N(CC(=O)N(C)Cc3ccc(OC)c(F)c3)C2=O)cc1. The van der Waals surface area contributed by atoms with Crippen molar-refractivity contribution < 1.29 is 33.0 Å². The predicted molar refractivity (Wildman–Crippen MR) is 107 cm³/mol. The zero-order chi connectivity index (χ0) is 22.7. The highest BCUT2D eigenvalue weighted by Gasteiger charge is 2.46. The minimum absolute atomic E-state index is 0.0338. The highest BCUT2D eigenvalue weighted by atomic mass is 19.1. The van der Waals surface area contributed by atoms with Gasteiger partial charge < -0.3 is 14.4 Å². The van der Waals surface area contributed by atoms with Crippen molar-refractivity contribution in [3.63, 3.8) is 0 Å². The second kappa shape index (κ2) is 8.82. The first-order chi connectivity index (χ1) is 14.8. The molecule has 0 spiro atoms. The second-order valence-electron chi connectivity index (χ2n) is 6.73. The predicted octanol–water partition coefficient (Wildman–Crippen LogP) is 1.80. The summed E-state index contributed by atoms with van der Waals surface area (Å²) >= 11 is 0. The third-order valence-corrected chi connectivity index (χ3v) is 4.74. The average molecular weight is 429 g/mol. The van der Waals surface area contributed by atoms with Crippen LogP contribution in [0, 0.1) is 5.82 Å². The Morgan fingerprint density at radius 1 is 1.00 bits per heavy atom. The van der Waals surface area contributed by atoms with Crippen LogP contribution >= 0.6 is 0 Å². The van der Waals surface area contributed by atoms with Crippen molar-refractivity contribution >= 4 is 29.4 Å². The molecule has 0 radical (unpaired) electrons. The van der Waals surface area contributed by atoms with Crippen molar-refractivity contribution in [3.05, 3.63) is 53.8 Å². The summed E-state index contributed by atoms with van der Waals surface area (Å²) in [6.07, 6.45) is 0. The van der Waals surface area contributed by atoms with E-state index in [0.717, 1.165) is 0 Å². The summed E-state index contributed by atoms with van der Waals surface area (Å²) in [5, 5.41) is 0. The summed E-state index contributed by atoms with van der Waals surface area (Å²) < 4.78 is 23.7. The number of nitrogens with zero attached hydrogens (tertiary/aromatic N) is 3. The minimum Gasteiger partial charge on any atom is -0.497 e. The summed E-state index contributed by atoms with van der Waals surface area (Å²) in [7, 11) is 4.25. The van der Waals surface area contributed by atoms with Gasteiger partial charge >= 0.3 is 17.8 Å². The third-order valence-electron chi connectivity index (χ3n) is 4.74. The molecular weight excluding hydrogens is 409 g/mol. The van der Waals surface area contributed by atoms with Gasteiger partial charge in [0.15, 0.2) is 11.6 Å². The Morgan fingerprint density at radius 2 is 1.68 bits per heavy atom. The van der Waals surface area contributed by atoms with Gasteiger partial charge in [0.25, 0.3) is 0 Å². The van der Waals surface area contributed by atoms with Gasteiger partial charge in [-0.15, -0.1) is 0 Å². The summed E-state index contributed by atoms with van der Waals surface area (Å²) in [6, 6.07) is 9.32. The highest BCUT2D eigenvalue weighted by Crippen LogP contribution is 2.25. The monoisotopic (exact) mass is 429 g/mol. The standard InChI is InChI=1S/C21H20FN3O6/c1-23(11-13-4-9-17(31-3)16(22)10-13)18(26)12-24-19(27)20(28)25(21(24)29)14-5-7-15(30-2)8-6-14/h4-10H,11-12H2,1-3H3. The second-order valence-corrected chi connectivity index (χ2v) is 6.73. The average Bonchev–Trinajstić information content (AvgIpc) is 2.97. The van der Waals surface area contributed by atoms with Gasteiger partial charge in [-0.25, -0.2) is 19.0 Å². The van der Waals surface area contributed by atoms with E-state index < -0.39 is 36.1 Å². The zero-order valence-electron chi connectivity index (χ0n) is 17.1. The van der Waals surface area contributed by atoms with Crippen LogP contribution in [0.4, 0.5) is 14.9 Å². The number of halogens is 1. The zero-order valence-corrected chi connectivity index (χ0v) is 17.1. The third kappa shape index (κ3) is 4.32. The van der Waals surface area contributed by atoms with E-state index in [-0.39, 0.29) is 18.0 Å². The summed E-state index contributed by atoms with van der Waals surface area (Å²) in [5.41, 5.74) is 0.672. The molecule has 0 unspecified atom stereocenters. The number of methoxy groups -OCH3 is 2. The molecule has 0 bridgehead atoms. The number of imide groups is 2. The Kier molecular flexibility index (Phi) is 6.19. The van der Waals surface area contributed by atoms with E-state index in [4.69, 9.17) is 9.47 Å². The summed E-state index contributed by atoms with van der Waals surface area (Å²) in [6.45, 7) is -0.586. The number of hydrogen-bond donors (Lipinski definition) is 0. The molecule has 1 fully saturated rings. The molecule has 10 heteroatoms. The number of urea groups is 1. The van der Waals surface area contributed by atoms with Gasteiger partial charge in [0.2, 0.25) is 5.91 Å². The topological polar surface area (TPSA) is 96.5 Å². The normalized spacial score (nSPS) is 13.6. The highest BCUT2D eigenvalue weighted by molar-refractivity contribution is 6.53. The number of rotatable bonds is 7.